The fourth-order valence-corrected chi connectivity index (χ4v) is 4.16. The summed E-state index contributed by atoms with van der Waals surface area (Å²) in [6.45, 7) is 3.87. The first-order valence-electron chi connectivity index (χ1n) is 11.6. The van der Waals surface area contributed by atoms with Crippen LogP contribution >= 0.6 is 0 Å². The van der Waals surface area contributed by atoms with Crippen molar-refractivity contribution in [2.24, 2.45) is 5.73 Å². The van der Waals surface area contributed by atoms with Gasteiger partial charge in [0.25, 0.3) is 5.91 Å². The van der Waals surface area contributed by atoms with E-state index >= 15 is 0 Å². The number of likely N-dealkylation sites (N-methyl/N-ethyl adjacent to an activating group) is 1. The summed E-state index contributed by atoms with van der Waals surface area (Å²) in [5.41, 5.74) is 8.83. The molecule has 1 aliphatic heterocycles. The van der Waals surface area contributed by atoms with E-state index in [1.807, 2.05) is 50.2 Å². The molecule has 0 radical (unpaired) electrons. The third-order valence-corrected chi connectivity index (χ3v) is 5.85. The Balaban J connectivity index is 1.76. The second kappa shape index (κ2) is 10.5. The van der Waals surface area contributed by atoms with E-state index in [-0.39, 0.29) is 11.1 Å². The van der Waals surface area contributed by atoms with E-state index in [9.17, 15) is 14.7 Å². The quantitative estimate of drug-likeness (QED) is 0.337. The van der Waals surface area contributed by atoms with Gasteiger partial charge in [-0.1, -0.05) is 12.1 Å². The van der Waals surface area contributed by atoms with E-state index < -0.39 is 18.0 Å². The SMILES string of the molecule is CCOc1cc(N2c3c(C(=O)O)ccnc3NC2c2ccc(NCCN(C)C)cc2)ccc1C(N)=O. The molecule has 0 aliphatic carbocycles. The van der Waals surface area contributed by atoms with Crippen LogP contribution < -0.4 is 26.0 Å². The molecule has 10 nitrogen and oxygen atoms in total. The van der Waals surface area contributed by atoms with Crippen LogP contribution in [0.15, 0.2) is 54.7 Å². The summed E-state index contributed by atoms with van der Waals surface area (Å²) >= 11 is 0. The minimum Gasteiger partial charge on any atom is -0.493 e. The molecule has 10 heteroatoms. The van der Waals surface area contributed by atoms with Crippen LogP contribution in [0, 0.1) is 0 Å². The summed E-state index contributed by atoms with van der Waals surface area (Å²) in [7, 11) is 4.05. The van der Waals surface area contributed by atoms with E-state index in [1.165, 1.54) is 12.3 Å². The molecule has 188 valence electrons. The number of carboxylic acid groups (broad SMARTS) is 1. The van der Waals surface area contributed by atoms with E-state index in [2.05, 4.69) is 20.5 Å². The molecule has 1 amide bonds. The second-order valence-corrected chi connectivity index (χ2v) is 8.61. The highest BCUT2D eigenvalue weighted by molar-refractivity contribution is 6.01. The maximum atomic E-state index is 12.1. The van der Waals surface area contributed by atoms with Gasteiger partial charge >= 0.3 is 5.97 Å². The number of aromatic carboxylic acids is 1. The number of hydrogen-bond donors (Lipinski definition) is 4. The molecule has 2 heterocycles. The lowest BCUT2D eigenvalue weighted by molar-refractivity contribution is 0.0697. The van der Waals surface area contributed by atoms with Crippen molar-refractivity contribution in [3.05, 3.63) is 71.4 Å². The molecule has 0 saturated heterocycles. The topological polar surface area (TPSA) is 133 Å². The van der Waals surface area contributed by atoms with Crippen molar-refractivity contribution >= 4 is 34.8 Å². The maximum absolute atomic E-state index is 12.1. The molecule has 0 fully saturated rings. The van der Waals surface area contributed by atoms with Gasteiger partial charge in [0.2, 0.25) is 0 Å². The molecule has 0 saturated carbocycles. The number of pyridine rings is 1. The zero-order chi connectivity index (χ0) is 25.8. The van der Waals surface area contributed by atoms with E-state index in [0.29, 0.717) is 29.5 Å². The van der Waals surface area contributed by atoms with Crippen molar-refractivity contribution in [1.29, 1.82) is 0 Å². The molecule has 4 rings (SSSR count). The van der Waals surface area contributed by atoms with Crippen molar-refractivity contribution in [3.8, 4) is 5.75 Å². The van der Waals surface area contributed by atoms with Crippen molar-refractivity contribution in [2.45, 2.75) is 13.1 Å². The predicted molar refractivity (Wildman–Crippen MR) is 139 cm³/mol. The molecule has 1 aromatic heterocycles. The Morgan fingerprint density at radius 2 is 1.92 bits per heavy atom. The molecule has 0 spiro atoms. The zero-order valence-electron chi connectivity index (χ0n) is 20.5. The van der Waals surface area contributed by atoms with Gasteiger partial charge in [-0.05, 0) is 56.9 Å². The minimum atomic E-state index is -1.07. The lowest BCUT2D eigenvalue weighted by Crippen LogP contribution is -2.25. The Kier molecular flexibility index (Phi) is 7.25. The predicted octanol–water partition coefficient (Wildman–Crippen LogP) is 3.51. The molecule has 1 unspecified atom stereocenters. The van der Waals surface area contributed by atoms with Crippen LogP contribution in [0.5, 0.6) is 5.75 Å². The normalized spacial score (nSPS) is 14.3. The summed E-state index contributed by atoms with van der Waals surface area (Å²) < 4.78 is 5.68. The van der Waals surface area contributed by atoms with Crippen molar-refractivity contribution in [3.63, 3.8) is 0 Å². The number of carbonyl (C=O) groups is 2. The maximum Gasteiger partial charge on any atom is 0.338 e. The number of anilines is 4. The highest BCUT2D eigenvalue weighted by Gasteiger charge is 2.36. The second-order valence-electron chi connectivity index (χ2n) is 8.61. The number of ether oxygens (including phenoxy) is 1. The molecule has 1 atom stereocenters. The molecular weight excluding hydrogens is 460 g/mol. The smallest absolute Gasteiger partial charge is 0.338 e. The lowest BCUT2D eigenvalue weighted by atomic mass is 10.1. The Bertz CT molecular complexity index is 1260. The van der Waals surface area contributed by atoms with Crippen molar-refractivity contribution in [2.75, 3.05) is 49.3 Å². The van der Waals surface area contributed by atoms with Gasteiger partial charge in [0.1, 0.15) is 17.6 Å². The van der Waals surface area contributed by atoms with Crippen LogP contribution in [0.1, 0.15) is 39.4 Å². The number of nitrogens with two attached hydrogens (primary N) is 1. The van der Waals surface area contributed by atoms with Crippen LogP contribution in [-0.2, 0) is 0 Å². The average molecular weight is 491 g/mol. The van der Waals surface area contributed by atoms with E-state index in [0.717, 1.165) is 24.3 Å². The van der Waals surface area contributed by atoms with Gasteiger partial charge in [0.05, 0.1) is 17.7 Å². The highest BCUT2D eigenvalue weighted by Crippen LogP contribution is 2.47. The van der Waals surface area contributed by atoms with Crippen molar-refractivity contribution < 1.29 is 19.4 Å². The summed E-state index contributed by atoms with van der Waals surface area (Å²) in [5.74, 6) is -0.895. The number of fused-ring (bicyclic) bond motifs is 1. The Hall–Kier alpha value is -4.31. The fraction of sp³-hybridized carbons (Fsp3) is 0.269. The molecular formula is C26H30N6O4. The lowest BCUT2D eigenvalue weighted by Gasteiger charge is -2.28. The monoisotopic (exact) mass is 490 g/mol. The van der Waals surface area contributed by atoms with E-state index in [1.54, 1.807) is 18.2 Å². The van der Waals surface area contributed by atoms with Gasteiger partial charge < -0.3 is 36.0 Å². The summed E-state index contributed by atoms with van der Waals surface area (Å²) in [6, 6.07) is 14.4. The Morgan fingerprint density at radius 3 is 2.56 bits per heavy atom. The van der Waals surface area contributed by atoms with Gasteiger partial charge in [-0.15, -0.1) is 0 Å². The third-order valence-electron chi connectivity index (χ3n) is 5.85. The third kappa shape index (κ3) is 5.03. The number of benzene rings is 2. The van der Waals surface area contributed by atoms with E-state index in [4.69, 9.17) is 10.5 Å². The van der Waals surface area contributed by atoms with Gasteiger partial charge in [-0.25, -0.2) is 9.78 Å². The molecule has 3 aromatic rings. The Morgan fingerprint density at radius 1 is 1.17 bits per heavy atom. The van der Waals surface area contributed by atoms with Crippen molar-refractivity contribution in [1.82, 2.24) is 9.88 Å². The molecule has 36 heavy (non-hydrogen) atoms. The minimum absolute atomic E-state index is 0.105. The van der Waals surface area contributed by atoms with Gasteiger partial charge in [0, 0.05) is 36.7 Å². The standard InChI is InChI=1S/C26H30N6O4/c1-4-36-21-15-18(9-10-19(21)23(27)33)32-22-20(26(34)35)11-12-29-24(22)30-25(32)16-5-7-17(8-6-16)28-13-14-31(2)3/h5-12,15,25,28H,4,13-14H2,1-3H3,(H2,27,33)(H,29,30)(H,34,35). The first-order valence-corrected chi connectivity index (χ1v) is 11.6. The number of aromatic nitrogens is 1. The number of carboxylic acids is 1. The van der Waals surface area contributed by atoms with Crippen LogP contribution in [0.3, 0.4) is 0 Å². The number of rotatable bonds is 10. The molecule has 0 bridgehead atoms. The van der Waals surface area contributed by atoms with Gasteiger partial charge in [0.15, 0.2) is 5.82 Å². The van der Waals surface area contributed by atoms with Crippen LogP contribution in [0.2, 0.25) is 0 Å². The number of hydrogen-bond acceptors (Lipinski definition) is 8. The first kappa shape index (κ1) is 24.8. The molecule has 1 aliphatic rings. The molecule has 5 N–H and O–H groups in total. The highest BCUT2D eigenvalue weighted by atomic mass is 16.5. The first-order chi connectivity index (χ1) is 17.3. The fourth-order valence-electron chi connectivity index (χ4n) is 4.16. The number of amides is 1. The average Bonchev–Trinajstić information content (AvgIpc) is 3.24. The van der Waals surface area contributed by atoms with Gasteiger partial charge in [-0.3, -0.25) is 4.79 Å². The molecule has 2 aromatic carbocycles. The van der Waals surface area contributed by atoms with Gasteiger partial charge in [-0.2, -0.15) is 0 Å². The summed E-state index contributed by atoms with van der Waals surface area (Å²) in [4.78, 5) is 32.4. The van der Waals surface area contributed by atoms with Crippen LogP contribution in [0.4, 0.5) is 22.9 Å². The number of carbonyl (C=O) groups excluding carboxylic acids is 1. The summed E-state index contributed by atoms with van der Waals surface area (Å²) in [5, 5.41) is 16.6. The number of nitrogens with zero attached hydrogens (tertiary/aromatic N) is 3. The zero-order valence-corrected chi connectivity index (χ0v) is 20.5. The number of primary amides is 1. The summed E-state index contributed by atoms with van der Waals surface area (Å²) in [6.07, 6.45) is 1.02. The van der Waals surface area contributed by atoms with Crippen LogP contribution in [-0.4, -0.2) is 60.7 Å². The number of nitrogens with one attached hydrogen (secondary N) is 2. The Labute approximate surface area is 209 Å². The van der Waals surface area contributed by atoms with Crippen LogP contribution in [0.25, 0.3) is 0 Å². The largest absolute Gasteiger partial charge is 0.493 e.